The zero-order chi connectivity index (χ0) is 14.5. The summed E-state index contributed by atoms with van der Waals surface area (Å²) in [5.41, 5.74) is 7.94. The molecule has 0 aliphatic heterocycles. The average molecular weight is 274 g/mol. The summed E-state index contributed by atoms with van der Waals surface area (Å²) in [7, 11) is 0. The van der Waals surface area contributed by atoms with Gasteiger partial charge in [-0.3, -0.25) is 4.98 Å². The number of esters is 1. The quantitative estimate of drug-likeness (QED) is 0.841. The summed E-state index contributed by atoms with van der Waals surface area (Å²) in [6.07, 6.45) is 5.62. The summed E-state index contributed by atoms with van der Waals surface area (Å²) in [5, 5.41) is 4.13. The maximum absolute atomic E-state index is 11.6. The van der Waals surface area contributed by atoms with Crippen LogP contribution >= 0.6 is 0 Å². The predicted molar refractivity (Wildman–Crippen MR) is 74.5 cm³/mol. The molecule has 0 aliphatic rings. The second-order valence-corrected chi connectivity index (χ2v) is 4.35. The minimum absolute atomic E-state index is 0.0586. The van der Waals surface area contributed by atoms with Gasteiger partial charge in [0, 0.05) is 12.2 Å². The second-order valence-electron chi connectivity index (χ2n) is 4.35. The molecule has 0 aromatic carbocycles. The lowest BCUT2D eigenvalue weighted by Gasteiger charge is -2.08. The van der Waals surface area contributed by atoms with Crippen molar-refractivity contribution in [3.8, 4) is 5.69 Å². The van der Waals surface area contributed by atoms with Gasteiger partial charge in [0.2, 0.25) is 0 Å². The van der Waals surface area contributed by atoms with E-state index in [1.165, 1.54) is 6.20 Å². The van der Waals surface area contributed by atoms with Gasteiger partial charge in [0.1, 0.15) is 0 Å². The smallest absolute Gasteiger partial charge is 0.341 e. The molecule has 0 spiro atoms. The summed E-state index contributed by atoms with van der Waals surface area (Å²) >= 11 is 0. The third kappa shape index (κ3) is 3.03. The van der Waals surface area contributed by atoms with Gasteiger partial charge < -0.3 is 10.5 Å². The fourth-order valence-corrected chi connectivity index (χ4v) is 1.75. The summed E-state index contributed by atoms with van der Waals surface area (Å²) in [6, 6.07) is 3.69. The minimum atomic E-state index is -0.378. The molecule has 0 fully saturated rings. The Morgan fingerprint density at radius 1 is 1.40 bits per heavy atom. The van der Waals surface area contributed by atoms with Crippen molar-refractivity contribution >= 4 is 5.97 Å². The van der Waals surface area contributed by atoms with Gasteiger partial charge in [-0.1, -0.05) is 6.92 Å². The molecule has 0 bridgehead atoms. The summed E-state index contributed by atoms with van der Waals surface area (Å²) < 4.78 is 6.50. The van der Waals surface area contributed by atoms with Crippen LogP contribution in [0.3, 0.4) is 0 Å². The number of carbonyl (C=O) groups is 1. The molecule has 6 heteroatoms. The van der Waals surface area contributed by atoms with E-state index >= 15 is 0 Å². The molecule has 1 atom stereocenters. The lowest BCUT2D eigenvalue weighted by molar-refractivity contribution is 0.0526. The topological polar surface area (TPSA) is 83.0 Å². The molecule has 2 aromatic heterocycles. The summed E-state index contributed by atoms with van der Waals surface area (Å²) in [5.74, 6) is -0.378. The van der Waals surface area contributed by atoms with Crippen LogP contribution in [0.25, 0.3) is 5.69 Å². The lowest BCUT2D eigenvalue weighted by atomic mass is 10.1. The van der Waals surface area contributed by atoms with Gasteiger partial charge in [-0.25, -0.2) is 9.48 Å². The minimum Gasteiger partial charge on any atom is -0.462 e. The first-order chi connectivity index (χ1) is 9.65. The van der Waals surface area contributed by atoms with E-state index in [2.05, 4.69) is 10.1 Å². The average Bonchev–Trinajstić information content (AvgIpc) is 2.97. The van der Waals surface area contributed by atoms with Gasteiger partial charge >= 0.3 is 5.97 Å². The van der Waals surface area contributed by atoms with E-state index in [0.29, 0.717) is 12.2 Å². The predicted octanol–water partition coefficient (Wildman–Crippen LogP) is 1.85. The molecular formula is C14H18N4O2. The Morgan fingerprint density at radius 3 is 2.80 bits per heavy atom. The number of hydrogen-bond acceptors (Lipinski definition) is 5. The van der Waals surface area contributed by atoms with Gasteiger partial charge in [-0.2, -0.15) is 5.10 Å². The number of nitrogens with two attached hydrogens (primary N) is 1. The normalized spacial score (nSPS) is 12.2. The van der Waals surface area contributed by atoms with Crippen LogP contribution in [-0.4, -0.2) is 27.3 Å². The lowest BCUT2D eigenvalue weighted by Crippen LogP contribution is -2.10. The Morgan fingerprint density at radius 2 is 2.20 bits per heavy atom. The zero-order valence-electron chi connectivity index (χ0n) is 11.6. The first kappa shape index (κ1) is 14.2. The Kier molecular flexibility index (Phi) is 4.47. The SMILES string of the molecule is CCOC(=O)c1cnn(-c2ccc(C(N)CC)nc2)c1. The number of nitrogens with zero attached hydrogens (tertiary/aromatic N) is 3. The fraction of sp³-hybridized carbons (Fsp3) is 0.357. The highest BCUT2D eigenvalue weighted by Crippen LogP contribution is 2.13. The van der Waals surface area contributed by atoms with Gasteiger partial charge in [0.05, 0.1) is 35.9 Å². The number of aromatic nitrogens is 3. The molecule has 0 amide bonds. The maximum Gasteiger partial charge on any atom is 0.341 e. The van der Waals surface area contributed by atoms with E-state index in [0.717, 1.165) is 17.8 Å². The zero-order valence-corrected chi connectivity index (χ0v) is 11.6. The van der Waals surface area contributed by atoms with E-state index < -0.39 is 0 Å². The van der Waals surface area contributed by atoms with E-state index in [1.54, 1.807) is 24.0 Å². The van der Waals surface area contributed by atoms with Crippen LogP contribution < -0.4 is 5.73 Å². The fourth-order valence-electron chi connectivity index (χ4n) is 1.75. The van der Waals surface area contributed by atoms with E-state index in [-0.39, 0.29) is 12.0 Å². The Hall–Kier alpha value is -2.21. The molecular weight excluding hydrogens is 256 g/mol. The Bertz CT molecular complexity index is 577. The molecule has 2 aromatic rings. The molecule has 6 nitrogen and oxygen atoms in total. The van der Waals surface area contributed by atoms with Crippen LogP contribution in [0, 0.1) is 0 Å². The molecule has 106 valence electrons. The van der Waals surface area contributed by atoms with Crippen molar-refractivity contribution in [2.45, 2.75) is 26.3 Å². The molecule has 20 heavy (non-hydrogen) atoms. The second kappa shape index (κ2) is 6.29. The van der Waals surface area contributed by atoms with Crippen molar-refractivity contribution in [2.24, 2.45) is 5.73 Å². The van der Waals surface area contributed by atoms with Gasteiger partial charge in [-0.15, -0.1) is 0 Å². The first-order valence-corrected chi connectivity index (χ1v) is 6.59. The summed E-state index contributed by atoms with van der Waals surface area (Å²) in [4.78, 5) is 15.9. The van der Waals surface area contributed by atoms with Crippen molar-refractivity contribution < 1.29 is 9.53 Å². The highest BCUT2D eigenvalue weighted by atomic mass is 16.5. The first-order valence-electron chi connectivity index (χ1n) is 6.59. The van der Waals surface area contributed by atoms with Crippen LogP contribution in [-0.2, 0) is 4.74 Å². The monoisotopic (exact) mass is 274 g/mol. The van der Waals surface area contributed by atoms with Crippen LogP contribution in [0.5, 0.6) is 0 Å². The third-order valence-corrected chi connectivity index (χ3v) is 2.95. The molecule has 2 heterocycles. The molecule has 2 rings (SSSR count). The maximum atomic E-state index is 11.6. The Labute approximate surface area is 117 Å². The number of hydrogen-bond donors (Lipinski definition) is 1. The van der Waals surface area contributed by atoms with Crippen LogP contribution in [0.2, 0.25) is 0 Å². The highest BCUT2D eigenvalue weighted by Gasteiger charge is 2.11. The van der Waals surface area contributed by atoms with Crippen molar-refractivity contribution in [3.63, 3.8) is 0 Å². The van der Waals surface area contributed by atoms with Crippen LogP contribution in [0.15, 0.2) is 30.7 Å². The standard InChI is InChI=1S/C14H18N4O2/c1-3-12(15)13-6-5-11(8-16-13)18-9-10(7-17-18)14(19)20-4-2/h5-9,12H,3-4,15H2,1-2H3. The highest BCUT2D eigenvalue weighted by molar-refractivity contribution is 5.88. The number of pyridine rings is 1. The third-order valence-electron chi connectivity index (χ3n) is 2.95. The van der Waals surface area contributed by atoms with E-state index in [9.17, 15) is 4.79 Å². The van der Waals surface area contributed by atoms with Crippen molar-refractivity contribution in [1.29, 1.82) is 0 Å². The molecule has 0 saturated carbocycles. The van der Waals surface area contributed by atoms with Gasteiger partial charge in [-0.05, 0) is 25.5 Å². The number of carbonyl (C=O) groups excluding carboxylic acids is 1. The van der Waals surface area contributed by atoms with E-state index in [1.807, 2.05) is 19.1 Å². The Balaban J connectivity index is 2.18. The van der Waals surface area contributed by atoms with Crippen LogP contribution in [0.4, 0.5) is 0 Å². The molecule has 1 unspecified atom stereocenters. The summed E-state index contributed by atoms with van der Waals surface area (Å²) in [6.45, 7) is 4.12. The number of ether oxygens (including phenoxy) is 1. The van der Waals surface area contributed by atoms with Gasteiger partial charge in [0.25, 0.3) is 0 Å². The molecule has 2 N–H and O–H groups in total. The van der Waals surface area contributed by atoms with Crippen molar-refractivity contribution in [2.75, 3.05) is 6.61 Å². The molecule has 0 aliphatic carbocycles. The molecule has 0 saturated heterocycles. The largest absolute Gasteiger partial charge is 0.462 e. The number of rotatable bonds is 5. The van der Waals surface area contributed by atoms with Gasteiger partial charge in [0.15, 0.2) is 0 Å². The van der Waals surface area contributed by atoms with E-state index in [4.69, 9.17) is 10.5 Å². The van der Waals surface area contributed by atoms with Crippen molar-refractivity contribution in [1.82, 2.24) is 14.8 Å². The molecule has 0 radical (unpaired) electrons. The van der Waals surface area contributed by atoms with Crippen molar-refractivity contribution in [3.05, 3.63) is 42.0 Å². The van der Waals surface area contributed by atoms with Crippen LogP contribution in [0.1, 0.15) is 42.4 Å².